The van der Waals surface area contributed by atoms with Gasteiger partial charge in [0.25, 0.3) is 0 Å². The highest BCUT2D eigenvalue weighted by Gasteiger charge is 2.23. The maximum atomic E-state index is 13.2. The Kier molecular flexibility index (Phi) is 8.69. The number of ether oxygens (including phenoxy) is 2. The van der Waals surface area contributed by atoms with Gasteiger partial charge in [-0.15, -0.1) is 11.8 Å². The van der Waals surface area contributed by atoms with Gasteiger partial charge in [-0.1, -0.05) is 24.8 Å². The Bertz CT molecular complexity index is 1550. The summed E-state index contributed by atoms with van der Waals surface area (Å²) in [6.07, 6.45) is 2.03. The van der Waals surface area contributed by atoms with Crippen LogP contribution < -0.4 is 9.93 Å². The van der Waals surface area contributed by atoms with Crippen molar-refractivity contribution in [2.75, 3.05) is 32.6 Å². The molecule has 0 spiro atoms. The number of esters is 2. The minimum absolute atomic E-state index is 0.0408. The predicted octanol–water partition coefficient (Wildman–Crippen LogP) is 6.01. The standard InChI is InChI=1S/C31H32NO5S/c1-6-32(7-2)21-12-14-25-28(18-21)37-27-15-13-22(38-5)19-26(27)29(25)23-10-8-9-11-24(23)31(34)36-17-16-35-30(33)20(3)4/h8-15,18-19H,3,6-7,16-17H2,1-2,4-5H3/q+1. The first-order valence-electron chi connectivity index (χ1n) is 12.6. The smallest absolute Gasteiger partial charge is 0.338 e. The molecule has 1 aliphatic heterocycles. The molecule has 0 unspecified atom stereocenters. The van der Waals surface area contributed by atoms with Gasteiger partial charge < -0.3 is 13.9 Å². The SMILES string of the molecule is C=C(C)C(=O)OCCOC(=O)c1ccccc1-c1c2ccc(=[N+](CC)CC)cc-2oc2ccc(SC)cc12. The molecule has 4 rings (SSSR count). The van der Waals surface area contributed by atoms with Gasteiger partial charge in [0.1, 0.15) is 37.6 Å². The molecular formula is C31H32NO5S+. The zero-order chi connectivity index (χ0) is 27.2. The molecule has 2 aliphatic rings. The third kappa shape index (κ3) is 5.68. The summed E-state index contributed by atoms with van der Waals surface area (Å²) in [5, 5.41) is 1.99. The number of nitrogens with zero attached hydrogens (tertiary/aromatic N) is 1. The Morgan fingerprint density at radius 2 is 1.68 bits per heavy atom. The third-order valence-electron chi connectivity index (χ3n) is 6.35. The lowest BCUT2D eigenvalue weighted by Gasteiger charge is -2.18. The number of rotatable bonds is 9. The van der Waals surface area contributed by atoms with E-state index in [2.05, 4.69) is 49.3 Å². The van der Waals surface area contributed by atoms with Gasteiger partial charge in [0.15, 0.2) is 0 Å². The summed E-state index contributed by atoms with van der Waals surface area (Å²) in [7, 11) is 0. The van der Waals surface area contributed by atoms with Crippen LogP contribution in [0.15, 0.2) is 82.1 Å². The van der Waals surface area contributed by atoms with Crippen molar-refractivity contribution in [1.29, 1.82) is 0 Å². The average molecular weight is 531 g/mol. The van der Waals surface area contributed by atoms with Gasteiger partial charge in [-0.25, -0.2) is 14.2 Å². The highest BCUT2D eigenvalue weighted by atomic mass is 32.2. The number of hydrogen-bond acceptors (Lipinski definition) is 6. The van der Waals surface area contributed by atoms with Crippen molar-refractivity contribution in [3.63, 3.8) is 0 Å². The van der Waals surface area contributed by atoms with E-state index in [-0.39, 0.29) is 13.2 Å². The number of thioether (sulfide) groups is 1. The van der Waals surface area contributed by atoms with Crippen LogP contribution in [0.3, 0.4) is 0 Å². The van der Waals surface area contributed by atoms with Crippen molar-refractivity contribution in [2.24, 2.45) is 0 Å². The molecule has 0 N–H and O–H groups in total. The normalized spacial score (nSPS) is 10.9. The van der Waals surface area contributed by atoms with E-state index in [4.69, 9.17) is 13.9 Å². The van der Waals surface area contributed by atoms with E-state index in [1.165, 1.54) is 0 Å². The van der Waals surface area contributed by atoms with Crippen molar-refractivity contribution in [3.05, 3.63) is 83.7 Å². The van der Waals surface area contributed by atoms with E-state index >= 15 is 0 Å². The molecule has 1 aliphatic carbocycles. The molecule has 6 nitrogen and oxygen atoms in total. The number of benzene rings is 3. The lowest BCUT2D eigenvalue weighted by Crippen LogP contribution is -2.29. The van der Waals surface area contributed by atoms with Gasteiger partial charge in [-0.05, 0) is 62.9 Å². The Morgan fingerprint density at radius 3 is 2.39 bits per heavy atom. The summed E-state index contributed by atoms with van der Waals surface area (Å²) in [5.41, 5.74) is 4.01. The lowest BCUT2D eigenvalue weighted by atomic mass is 9.91. The van der Waals surface area contributed by atoms with Crippen LogP contribution in [0.25, 0.3) is 33.4 Å². The number of carbonyl (C=O) groups excluding carboxylic acids is 2. The second-order valence-corrected chi connectivity index (χ2v) is 9.67. The Morgan fingerprint density at radius 1 is 0.947 bits per heavy atom. The minimum atomic E-state index is -0.513. The van der Waals surface area contributed by atoms with Crippen molar-refractivity contribution >= 4 is 34.7 Å². The summed E-state index contributed by atoms with van der Waals surface area (Å²) in [4.78, 5) is 25.9. The van der Waals surface area contributed by atoms with Gasteiger partial charge >= 0.3 is 11.9 Å². The molecule has 0 bridgehead atoms. The number of fused-ring (bicyclic) bond motifs is 2. The van der Waals surface area contributed by atoms with Crippen LogP contribution in [0.1, 0.15) is 31.1 Å². The first kappa shape index (κ1) is 27.2. The zero-order valence-corrected chi connectivity index (χ0v) is 23.0. The first-order chi connectivity index (χ1) is 18.4. The molecule has 0 radical (unpaired) electrons. The number of carbonyl (C=O) groups is 2. The van der Waals surface area contributed by atoms with Crippen LogP contribution in [0.5, 0.6) is 0 Å². The summed E-state index contributed by atoms with van der Waals surface area (Å²) >= 11 is 1.65. The highest BCUT2D eigenvalue weighted by Crippen LogP contribution is 2.42. The summed E-state index contributed by atoms with van der Waals surface area (Å²) in [5.74, 6) is -0.264. The quantitative estimate of drug-likeness (QED) is 0.0659. The fourth-order valence-electron chi connectivity index (χ4n) is 4.41. The van der Waals surface area contributed by atoms with Crippen molar-refractivity contribution in [3.8, 4) is 22.5 Å². The Labute approximate surface area is 226 Å². The van der Waals surface area contributed by atoms with E-state index in [1.807, 2.05) is 36.6 Å². The zero-order valence-electron chi connectivity index (χ0n) is 22.2. The van der Waals surface area contributed by atoms with Crippen LogP contribution in [0.2, 0.25) is 0 Å². The van der Waals surface area contributed by atoms with Gasteiger partial charge in [0.05, 0.1) is 11.6 Å². The van der Waals surface area contributed by atoms with E-state index in [1.54, 1.807) is 24.8 Å². The Hall–Kier alpha value is -3.84. The van der Waals surface area contributed by atoms with Crippen molar-refractivity contribution in [2.45, 2.75) is 25.7 Å². The molecule has 0 aromatic heterocycles. The van der Waals surface area contributed by atoms with E-state index in [9.17, 15) is 9.59 Å². The molecule has 2 aromatic carbocycles. The molecule has 38 heavy (non-hydrogen) atoms. The molecule has 7 heteroatoms. The molecule has 0 amide bonds. The summed E-state index contributed by atoms with van der Waals surface area (Å²) in [6.45, 7) is 11.1. The van der Waals surface area contributed by atoms with Crippen LogP contribution >= 0.6 is 11.8 Å². The maximum Gasteiger partial charge on any atom is 0.338 e. The van der Waals surface area contributed by atoms with Crippen LogP contribution in [-0.2, 0) is 14.3 Å². The minimum Gasteiger partial charge on any atom is -0.459 e. The molecule has 0 atom stereocenters. The maximum absolute atomic E-state index is 13.2. The largest absolute Gasteiger partial charge is 0.459 e. The van der Waals surface area contributed by atoms with E-state index < -0.39 is 11.9 Å². The van der Waals surface area contributed by atoms with E-state index in [0.717, 1.165) is 56.8 Å². The molecule has 0 saturated carbocycles. The monoisotopic (exact) mass is 530 g/mol. The van der Waals surface area contributed by atoms with Crippen LogP contribution in [0.4, 0.5) is 0 Å². The van der Waals surface area contributed by atoms with Crippen molar-refractivity contribution < 1.29 is 23.5 Å². The van der Waals surface area contributed by atoms with Gasteiger partial charge in [-0.3, -0.25) is 0 Å². The molecule has 1 heterocycles. The Balaban J connectivity index is 1.85. The van der Waals surface area contributed by atoms with Gasteiger partial charge in [-0.2, -0.15) is 0 Å². The molecule has 0 fully saturated rings. The van der Waals surface area contributed by atoms with Crippen LogP contribution in [-0.4, -0.2) is 44.5 Å². The topological polar surface area (TPSA) is 68.8 Å². The van der Waals surface area contributed by atoms with E-state index in [0.29, 0.717) is 11.1 Å². The fourth-order valence-corrected chi connectivity index (χ4v) is 4.85. The van der Waals surface area contributed by atoms with Gasteiger partial charge in [0, 0.05) is 33.0 Å². The lowest BCUT2D eigenvalue weighted by molar-refractivity contribution is -0.140. The van der Waals surface area contributed by atoms with Gasteiger partial charge in [0.2, 0.25) is 5.36 Å². The van der Waals surface area contributed by atoms with Crippen molar-refractivity contribution in [1.82, 2.24) is 4.58 Å². The molecule has 2 aromatic rings. The average Bonchev–Trinajstić information content (AvgIpc) is 2.94. The molecule has 0 saturated heterocycles. The van der Waals surface area contributed by atoms with Crippen LogP contribution in [0, 0.1) is 0 Å². The fraction of sp³-hybridized carbons (Fsp3) is 0.258. The third-order valence-corrected chi connectivity index (χ3v) is 7.08. The second kappa shape index (κ2) is 12.1. The first-order valence-corrected chi connectivity index (χ1v) is 13.8. The predicted molar refractivity (Wildman–Crippen MR) is 152 cm³/mol. The molecular weight excluding hydrogens is 498 g/mol. The second-order valence-electron chi connectivity index (χ2n) is 8.79. The molecule has 196 valence electrons. The summed E-state index contributed by atoms with van der Waals surface area (Å²) in [6, 6.07) is 19.7. The number of hydrogen-bond donors (Lipinski definition) is 0. The highest BCUT2D eigenvalue weighted by molar-refractivity contribution is 7.98. The summed E-state index contributed by atoms with van der Waals surface area (Å²) < 4.78 is 19.2.